The number of hydrogen-bond donors (Lipinski definition) is 1. The number of halogens is 3. The molecule has 1 N–H and O–H groups in total. The highest BCUT2D eigenvalue weighted by Gasteiger charge is 2.13. The van der Waals surface area contributed by atoms with Crippen molar-refractivity contribution in [1.82, 2.24) is 5.32 Å². The fraction of sp³-hybridized carbons (Fsp3) is 0.500. The van der Waals surface area contributed by atoms with Crippen LogP contribution in [0.15, 0.2) is 18.2 Å². The van der Waals surface area contributed by atoms with E-state index in [1.165, 1.54) is 0 Å². The first-order valence-corrected chi connectivity index (χ1v) is 5.86. The van der Waals surface area contributed by atoms with E-state index in [0.29, 0.717) is 10.8 Å². The van der Waals surface area contributed by atoms with Crippen molar-refractivity contribution in [2.24, 2.45) is 0 Å². The van der Waals surface area contributed by atoms with E-state index in [0.717, 1.165) is 12.1 Å². The molecule has 0 aliphatic heterocycles. The second-order valence-electron chi connectivity index (χ2n) is 3.66. The number of rotatable bonds is 6. The third kappa shape index (κ3) is 4.48. The smallest absolute Gasteiger partial charge is 0.272 e. The third-order valence-corrected chi connectivity index (χ3v) is 2.55. The highest BCUT2D eigenvalue weighted by Crippen LogP contribution is 2.28. The molecule has 0 saturated carbocycles. The SMILES string of the molecule is CCNC(C)c1cc(Cl)ccc1OCC(F)F. The number of hydrogen-bond acceptors (Lipinski definition) is 2. The van der Waals surface area contributed by atoms with Gasteiger partial charge in [0.05, 0.1) is 0 Å². The first-order chi connectivity index (χ1) is 8.04. The summed E-state index contributed by atoms with van der Waals surface area (Å²) in [5, 5.41) is 3.75. The van der Waals surface area contributed by atoms with Crippen LogP contribution in [0.4, 0.5) is 8.78 Å². The van der Waals surface area contributed by atoms with Crippen molar-refractivity contribution in [3.8, 4) is 5.75 Å². The van der Waals surface area contributed by atoms with Crippen LogP contribution in [0.1, 0.15) is 25.5 Å². The Bertz CT molecular complexity index is 360. The minimum absolute atomic E-state index is 0.00590. The quantitative estimate of drug-likeness (QED) is 0.846. The number of nitrogens with one attached hydrogen (secondary N) is 1. The molecule has 2 nitrogen and oxygen atoms in total. The summed E-state index contributed by atoms with van der Waals surface area (Å²) in [5.74, 6) is 0.447. The summed E-state index contributed by atoms with van der Waals surface area (Å²) in [6.07, 6.45) is -2.48. The Morgan fingerprint density at radius 1 is 1.41 bits per heavy atom. The lowest BCUT2D eigenvalue weighted by atomic mass is 10.1. The summed E-state index contributed by atoms with van der Waals surface area (Å²) in [5.41, 5.74) is 0.792. The Balaban J connectivity index is 2.87. The van der Waals surface area contributed by atoms with Gasteiger partial charge >= 0.3 is 0 Å². The maximum Gasteiger partial charge on any atom is 0.272 e. The fourth-order valence-electron chi connectivity index (χ4n) is 1.56. The molecule has 1 rings (SSSR count). The zero-order chi connectivity index (χ0) is 12.8. The van der Waals surface area contributed by atoms with Crippen LogP contribution in [-0.2, 0) is 0 Å². The molecule has 0 amide bonds. The Morgan fingerprint density at radius 3 is 2.71 bits per heavy atom. The molecule has 0 aromatic heterocycles. The van der Waals surface area contributed by atoms with Gasteiger partial charge in [-0.05, 0) is 31.7 Å². The predicted molar refractivity (Wildman–Crippen MR) is 65.0 cm³/mol. The lowest BCUT2D eigenvalue weighted by molar-refractivity contribution is 0.0811. The highest BCUT2D eigenvalue weighted by molar-refractivity contribution is 6.30. The molecule has 17 heavy (non-hydrogen) atoms. The van der Waals surface area contributed by atoms with Crippen LogP contribution in [0.5, 0.6) is 5.75 Å². The molecule has 0 fully saturated rings. The molecule has 1 aromatic carbocycles. The van der Waals surface area contributed by atoms with Gasteiger partial charge in [-0.25, -0.2) is 8.78 Å². The van der Waals surface area contributed by atoms with E-state index in [9.17, 15) is 8.78 Å². The molecular formula is C12H16ClF2NO. The van der Waals surface area contributed by atoms with Crippen molar-refractivity contribution in [3.05, 3.63) is 28.8 Å². The van der Waals surface area contributed by atoms with Crippen LogP contribution in [0.3, 0.4) is 0 Å². The van der Waals surface area contributed by atoms with Gasteiger partial charge in [-0.2, -0.15) is 0 Å². The number of benzene rings is 1. The summed E-state index contributed by atoms with van der Waals surface area (Å²) >= 11 is 5.89. The molecular weight excluding hydrogens is 248 g/mol. The Hall–Kier alpha value is -0.870. The van der Waals surface area contributed by atoms with Crippen LogP contribution in [0.25, 0.3) is 0 Å². The molecule has 0 bridgehead atoms. The minimum Gasteiger partial charge on any atom is -0.487 e. The van der Waals surface area contributed by atoms with Gasteiger partial charge in [-0.15, -0.1) is 0 Å². The summed E-state index contributed by atoms with van der Waals surface area (Å²) in [6, 6.07) is 4.99. The van der Waals surface area contributed by atoms with Gasteiger partial charge < -0.3 is 10.1 Å². The zero-order valence-corrected chi connectivity index (χ0v) is 10.6. The number of ether oxygens (including phenoxy) is 1. The average Bonchev–Trinajstić information content (AvgIpc) is 2.27. The molecule has 1 aromatic rings. The second kappa shape index (κ2) is 6.77. The van der Waals surface area contributed by atoms with E-state index >= 15 is 0 Å². The molecule has 0 saturated heterocycles. The average molecular weight is 264 g/mol. The zero-order valence-electron chi connectivity index (χ0n) is 9.84. The first-order valence-electron chi connectivity index (χ1n) is 5.48. The molecule has 96 valence electrons. The van der Waals surface area contributed by atoms with Gasteiger partial charge in [0.15, 0.2) is 0 Å². The van der Waals surface area contributed by atoms with Gasteiger partial charge in [0.25, 0.3) is 6.43 Å². The molecule has 0 heterocycles. The molecule has 0 aliphatic rings. The van der Waals surface area contributed by atoms with Gasteiger partial charge in [0, 0.05) is 16.6 Å². The fourth-order valence-corrected chi connectivity index (χ4v) is 1.74. The van der Waals surface area contributed by atoms with Crippen LogP contribution in [-0.4, -0.2) is 19.6 Å². The summed E-state index contributed by atoms with van der Waals surface area (Å²) in [4.78, 5) is 0. The monoisotopic (exact) mass is 263 g/mol. The van der Waals surface area contributed by atoms with Crippen molar-refractivity contribution in [2.75, 3.05) is 13.2 Å². The van der Waals surface area contributed by atoms with E-state index in [4.69, 9.17) is 16.3 Å². The molecule has 1 unspecified atom stereocenters. The number of alkyl halides is 2. The van der Waals surface area contributed by atoms with E-state index in [1.807, 2.05) is 13.8 Å². The van der Waals surface area contributed by atoms with Crippen LogP contribution in [0, 0.1) is 0 Å². The van der Waals surface area contributed by atoms with E-state index in [-0.39, 0.29) is 6.04 Å². The first kappa shape index (κ1) is 14.2. The van der Waals surface area contributed by atoms with Gasteiger partial charge in [-0.1, -0.05) is 18.5 Å². The lowest BCUT2D eigenvalue weighted by Gasteiger charge is -2.18. The van der Waals surface area contributed by atoms with E-state index in [1.54, 1.807) is 18.2 Å². The molecule has 0 spiro atoms. The largest absolute Gasteiger partial charge is 0.487 e. The summed E-state index contributed by atoms with van der Waals surface area (Å²) in [7, 11) is 0. The maximum absolute atomic E-state index is 12.1. The summed E-state index contributed by atoms with van der Waals surface area (Å²) in [6.45, 7) is 4.08. The lowest BCUT2D eigenvalue weighted by Crippen LogP contribution is -2.19. The van der Waals surface area contributed by atoms with Crippen molar-refractivity contribution >= 4 is 11.6 Å². The Kier molecular flexibility index (Phi) is 5.65. The molecule has 0 aliphatic carbocycles. The van der Waals surface area contributed by atoms with Crippen LogP contribution >= 0.6 is 11.6 Å². The molecule has 0 radical (unpaired) electrons. The third-order valence-electron chi connectivity index (χ3n) is 2.31. The van der Waals surface area contributed by atoms with Crippen LogP contribution < -0.4 is 10.1 Å². The Labute approximate surface area is 105 Å². The van der Waals surface area contributed by atoms with Crippen molar-refractivity contribution in [3.63, 3.8) is 0 Å². The van der Waals surface area contributed by atoms with Gasteiger partial charge in [0.1, 0.15) is 12.4 Å². The highest BCUT2D eigenvalue weighted by atomic mass is 35.5. The van der Waals surface area contributed by atoms with E-state index < -0.39 is 13.0 Å². The van der Waals surface area contributed by atoms with Crippen molar-refractivity contribution in [2.45, 2.75) is 26.3 Å². The molecule has 5 heteroatoms. The van der Waals surface area contributed by atoms with Crippen molar-refractivity contribution < 1.29 is 13.5 Å². The standard InChI is InChI=1S/C12H16ClF2NO/c1-3-16-8(2)10-6-9(13)4-5-11(10)17-7-12(14)15/h4-6,8,12,16H,3,7H2,1-2H3. The topological polar surface area (TPSA) is 21.3 Å². The van der Waals surface area contributed by atoms with Crippen molar-refractivity contribution in [1.29, 1.82) is 0 Å². The normalized spacial score (nSPS) is 12.8. The predicted octanol–water partition coefficient (Wildman–Crippen LogP) is 3.65. The van der Waals surface area contributed by atoms with E-state index in [2.05, 4.69) is 5.32 Å². The molecule has 1 atom stereocenters. The van der Waals surface area contributed by atoms with Gasteiger partial charge in [-0.3, -0.25) is 0 Å². The second-order valence-corrected chi connectivity index (χ2v) is 4.10. The minimum atomic E-state index is -2.48. The maximum atomic E-state index is 12.1. The Morgan fingerprint density at radius 2 is 2.12 bits per heavy atom. The summed E-state index contributed by atoms with van der Waals surface area (Å²) < 4.78 is 29.3. The van der Waals surface area contributed by atoms with Crippen LogP contribution in [0.2, 0.25) is 5.02 Å². The van der Waals surface area contributed by atoms with Gasteiger partial charge in [0.2, 0.25) is 0 Å².